The maximum absolute atomic E-state index is 5.39. The van der Waals surface area contributed by atoms with Gasteiger partial charge in [-0.3, -0.25) is 0 Å². The normalized spacial score (nSPS) is 13.4. The van der Waals surface area contributed by atoms with Crippen LogP contribution < -0.4 is 0 Å². The van der Waals surface area contributed by atoms with Gasteiger partial charge < -0.3 is 13.3 Å². The zero-order valence-electron chi connectivity index (χ0n) is 9.59. The van der Waals surface area contributed by atoms with Gasteiger partial charge in [0.05, 0.1) is 6.54 Å². The lowest BCUT2D eigenvalue weighted by Gasteiger charge is -2.33. The minimum absolute atomic E-state index is 0.762. The highest BCUT2D eigenvalue weighted by Gasteiger charge is 2.28. The Morgan fingerprint density at radius 3 is 2.00 bits per heavy atom. The minimum atomic E-state index is -1.83. The van der Waals surface area contributed by atoms with Gasteiger partial charge in [0.15, 0.2) is 0 Å². The molecule has 0 rings (SSSR count). The molecule has 0 aliphatic rings. The topological polar surface area (TPSA) is 18.5 Å². The van der Waals surface area contributed by atoms with Gasteiger partial charge in [-0.1, -0.05) is 0 Å². The van der Waals surface area contributed by atoms with Crippen molar-refractivity contribution in [2.75, 3.05) is 34.9 Å². The third-order valence-electron chi connectivity index (χ3n) is 2.26. The Bertz CT molecular complexity index is 141. The van der Waals surface area contributed by atoms with Crippen LogP contribution in [0.2, 0.25) is 12.6 Å². The fourth-order valence-electron chi connectivity index (χ4n) is 1.12. The molecule has 0 spiro atoms. The second-order valence-corrected chi connectivity index (χ2v) is 7.89. The van der Waals surface area contributed by atoms with E-state index in [9.17, 15) is 0 Å². The van der Waals surface area contributed by atoms with Crippen LogP contribution in [0.15, 0.2) is 0 Å². The molecule has 0 heterocycles. The smallest absolute Gasteiger partial charge is 0.334 e. The van der Waals surface area contributed by atoms with E-state index in [1.807, 2.05) is 0 Å². The SMILES string of the molecule is [CH2-][N+](C)(C)CCC[Si](C)(OC)OC. The summed E-state index contributed by atoms with van der Waals surface area (Å²) < 4.78 is 11.5. The predicted molar refractivity (Wildman–Crippen MR) is 57.4 cm³/mol. The Hall–Kier alpha value is 0.0969. The lowest BCUT2D eigenvalue weighted by molar-refractivity contribution is -0.845. The molecule has 0 aliphatic carbocycles. The molecule has 80 valence electrons. The number of hydrogen-bond acceptors (Lipinski definition) is 2. The molecule has 0 bridgehead atoms. The Labute approximate surface area is 83.5 Å². The van der Waals surface area contributed by atoms with Gasteiger partial charge >= 0.3 is 8.56 Å². The molecule has 0 fully saturated rings. The zero-order valence-corrected chi connectivity index (χ0v) is 10.6. The van der Waals surface area contributed by atoms with Crippen LogP contribution in [0.1, 0.15) is 6.42 Å². The van der Waals surface area contributed by atoms with Crippen molar-refractivity contribution >= 4 is 8.56 Å². The quantitative estimate of drug-likeness (QED) is 0.373. The molecule has 0 N–H and O–H groups in total. The first-order chi connectivity index (χ1) is 5.83. The summed E-state index contributed by atoms with van der Waals surface area (Å²) in [5.74, 6) is 0. The van der Waals surface area contributed by atoms with Gasteiger partial charge in [-0.15, -0.1) is 7.05 Å². The fraction of sp³-hybridized carbons (Fsp3) is 0.889. The molecule has 4 heteroatoms. The monoisotopic (exact) mass is 205 g/mol. The van der Waals surface area contributed by atoms with Crippen LogP contribution >= 0.6 is 0 Å². The zero-order chi connectivity index (χ0) is 10.5. The summed E-state index contributed by atoms with van der Waals surface area (Å²) in [6, 6.07) is 1.04. The van der Waals surface area contributed by atoms with Crippen LogP contribution in [-0.4, -0.2) is 47.9 Å². The van der Waals surface area contributed by atoms with E-state index >= 15 is 0 Å². The van der Waals surface area contributed by atoms with Gasteiger partial charge in [0.2, 0.25) is 0 Å². The van der Waals surface area contributed by atoms with Crippen LogP contribution in [0.3, 0.4) is 0 Å². The van der Waals surface area contributed by atoms with Gasteiger partial charge in [-0.25, -0.2) is 0 Å². The molecule has 0 aromatic heterocycles. The summed E-state index contributed by atoms with van der Waals surface area (Å²) in [7, 11) is 9.84. The van der Waals surface area contributed by atoms with Crippen molar-refractivity contribution in [1.82, 2.24) is 0 Å². The highest BCUT2D eigenvalue weighted by Crippen LogP contribution is 2.14. The van der Waals surface area contributed by atoms with E-state index in [4.69, 9.17) is 8.85 Å². The lowest BCUT2D eigenvalue weighted by Crippen LogP contribution is -2.39. The Morgan fingerprint density at radius 2 is 1.69 bits per heavy atom. The Kier molecular flexibility index (Phi) is 5.13. The molecule has 0 aromatic carbocycles. The van der Waals surface area contributed by atoms with Crippen molar-refractivity contribution in [2.45, 2.75) is 19.0 Å². The summed E-state index contributed by atoms with van der Waals surface area (Å²) in [4.78, 5) is 0. The predicted octanol–water partition coefficient (Wildman–Crippen LogP) is 1.61. The lowest BCUT2D eigenvalue weighted by atomic mass is 10.4. The van der Waals surface area contributed by atoms with Crippen molar-refractivity contribution in [3.05, 3.63) is 7.05 Å². The van der Waals surface area contributed by atoms with Gasteiger partial charge in [0, 0.05) is 28.3 Å². The first kappa shape index (κ1) is 13.1. The average molecular weight is 205 g/mol. The van der Waals surface area contributed by atoms with Crippen LogP contribution in [0.25, 0.3) is 0 Å². The number of quaternary nitrogens is 1. The van der Waals surface area contributed by atoms with E-state index in [1.165, 1.54) is 0 Å². The molecule has 0 saturated carbocycles. The second kappa shape index (κ2) is 5.10. The van der Waals surface area contributed by atoms with Crippen LogP contribution in [-0.2, 0) is 8.85 Å². The molecule has 0 saturated heterocycles. The van der Waals surface area contributed by atoms with Crippen LogP contribution in [0.5, 0.6) is 0 Å². The van der Waals surface area contributed by atoms with Gasteiger partial charge in [-0.05, 0) is 19.0 Å². The highest BCUT2D eigenvalue weighted by atomic mass is 28.4. The highest BCUT2D eigenvalue weighted by molar-refractivity contribution is 6.65. The second-order valence-electron chi connectivity index (χ2n) is 4.30. The maximum Gasteiger partial charge on any atom is 0.334 e. The number of nitrogens with zero attached hydrogens (tertiary/aromatic N) is 1. The molecule has 0 atom stereocenters. The number of rotatable bonds is 6. The molecule has 0 aliphatic heterocycles. The van der Waals surface area contributed by atoms with Crippen molar-refractivity contribution in [3.8, 4) is 0 Å². The summed E-state index contributed by atoms with van der Waals surface area (Å²) >= 11 is 0. The molecule has 13 heavy (non-hydrogen) atoms. The first-order valence-corrected chi connectivity index (χ1v) is 7.13. The minimum Gasteiger partial charge on any atom is -0.462 e. The molecular formula is C9H23NO2Si. The van der Waals surface area contributed by atoms with Gasteiger partial charge in [-0.2, -0.15) is 0 Å². The molecule has 0 radical (unpaired) electrons. The molecule has 3 nitrogen and oxygen atoms in total. The summed E-state index contributed by atoms with van der Waals surface area (Å²) in [6.07, 6.45) is 1.11. The first-order valence-electron chi connectivity index (χ1n) is 4.61. The van der Waals surface area contributed by atoms with E-state index < -0.39 is 8.56 Å². The van der Waals surface area contributed by atoms with E-state index in [-0.39, 0.29) is 0 Å². The van der Waals surface area contributed by atoms with Crippen LogP contribution in [0.4, 0.5) is 0 Å². The van der Waals surface area contributed by atoms with Gasteiger partial charge in [0.25, 0.3) is 0 Å². The van der Waals surface area contributed by atoms with Crippen molar-refractivity contribution < 1.29 is 13.3 Å². The van der Waals surface area contributed by atoms with Gasteiger partial charge in [0.1, 0.15) is 0 Å². The Morgan fingerprint density at radius 1 is 1.23 bits per heavy atom. The van der Waals surface area contributed by atoms with Crippen molar-refractivity contribution in [2.24, 2.45) is 0 Å². The molecule has 0 aromatic rings. The fourth-order valence-corrected chi connectivity index (χ4v) is 2.49. The van der Waals surface area contributed by atoms with E-state index in [1.54, 1.807) is 14.2 Å². The molecule has 0 amide bonds. The van der Waals surface area contributed by atoms with Crippen molar-refractivity contribution in [1.29, 1.82) is 0 Å². The molecular weight excluding hydrogens is 182 g/mol. The number of hydrogen-bond donors (Lipinski definition) is 0. The largest absolute Gasteiger partial charge is 0.462 e. The third kappa shape index (κ3) is 6.21. The summed E-state index contributed by atoms with van der Waals surface area (Å²) in [5.41, 5.74) is 0. The summed E-state index contributed by atoms with van der Waals surface area (Å²) in [6.45, 7) is 3.16. The van der Waals surface area contributed by atoms with Crippen LogP contribution in [0, 0.1) is 7.05 Å². The maximum atomic E-state index is 5.39. The third-order valence-corrected chi connectivity index (χ3v) is 5.25. The van der Waals surface area contributed by atoms with E-state index in [0.29, 0.717) is 0 Å². The van der Waals surface area contributed by atoms with E-state index in [2.05, 4.69) is 27.7 Å². The Balaban J connectivity index is 3.74. The summed E-state index contributed by atoms with van der Waals surface area (Å²) in [5, 5.41) is 0. The average Bonchev–Trinajstić information content (AvgIpc) is 2.02. The molecule has 0 unspecified atom stereocenters. The van der Waals surface area contributed by atoms with Crippen molar-refractivity contribution in [3.63, 3.8) is 0 Å². The standard InChI is InChI=1S/C9H23NO2Si/c1-10(2,3)8-7-9-13(6,11-4)12-5/h1,7-9H2,2-6H3. The van der Waals surface area contributed by atoms with E-state index in [0.717, 1.165) is 23.5 Å².